The summed E-state index contributed by atoms with van der Waals surface area (Å²) in [5, 5.41) is 25.0. The zero-order chi connectivity index (χ0) is 9.94. The number of nitriles is 1. The van der Waals surface area contributed by atoms with Gasteiger partial charge in [0, 0.05) is 0 Å². The largest absolute Gasteiger partial charge is 0.665 e. The smallest absolute Gasteiger partial charge is 0.256 e. The highest BCUT2D eigenvalue weighted by molar-refractivity contribution is 4.86. The first-order chi connectivity index (χ1) is 5.39. The molecule has 0 bridgehead atoms. The summed E-state index contributed by atoms with van der Waals surface area (Å²) >= 11 is 0. The summed E-state index contributed by atoms with van der Waals surface area (Å²) in [5.41, 5.74) is 0. The first kappa shape index (κ1) is 10.1. The Balaban J connectivity index is 5.23. The van der Waals surface area contributed by atoms with Crippen LogP contribution in [0.4, 0.5) is 8.96 Å². The van der Waals surface area contributed by atoms with Gasteiger partial charge in [-0.1, -0.05) is 8.96 Å². The van der Waals surface area contributed by atoms with Gasteiger partial charge in [0.1, 0.15) is 9.85 Å². The molecule has 0 N–H and O–H groups in total. The summed E-state index contributed by atoms with van der Waals surface area (Å²) in [4.78, 5) is 15.5. The van der Waals surface area contributed by atoms with E-state index in [0.717, 1.165) is 0 Å². The Labute approximate surface area is 62.8 Å². The van der Waals surface area contributed by atoms with Crippen molar-refractivity contribution >= 4 is 0 Å². The molecule has 0 saturated carbocycles. The van der Waals surface area contributed by atoms with Gasteiger partial charge in [0.25, 0.3) is 6.07 Å². The molecule has 10 heteroatoms. The Hall–Kier alpha value is -1.89. The molecule has 0 spiro atoms. The summed E-state index contributed by atoms with van der Waals surface area (Å²) in [7, 11) is 0. The Kier molecular flexibility index (Phi) is 2.54. The molecule has 8 nitrogen and oxygen atoms in total. The van der Waals surface area contributed by atoms with E-state index >= 15 is 0 Å². The van der Waals surface area contributed by atoms with Gasteiger partial charge in [0.2, 0.25) is 0 Å². The van der Waals surface area contributed by atoms with Crippen LogP contribution in [0.3, 0.4) is 0 Å². The Bertz CT molecular complexity index is 244. The third-order valence-corrected chi connectivity index (χ3v) is 0.895. The van der Waals surface area contributed by atoms with Gasteiger partial charge >= 0.3 is 5.79 Å². The van der Waals surface area contributed by atoms with Crippen LogP contribution < -0.4 is 0 Å². The molecule has 66 valence electrons. The van der Waals surface area contributed by atoms with Crippen LogP contribution in [0.25, 0.3) is 0 Å². The quantitative estimate of drug-likeness (QED) is 0.258. The fraction of sp³-hybridized carbons (Fsp3) is 0.500. The molecule has 0 aliphatic heterocycles. The van der Waals surface area contributed by atoms with Gasteiger partial charge in [-0.05, 0) is 0 Å². The Morgan fingerprint density at radius 2 is 1.67 bits per heavy atom. The topological polar surface area (TPSA) is 113 Å². The van der Waals surface area contributed by atoms with Gasteiger partial charge in [-0.25, -0.2) is 0 Å². The van der Waals surface area contributed by atoms with E-state index in [1.54, 1.807) is 0 Å². The molecule has 0 aliphatic rings. The van der Waals surface area contributed by atoms with Gasteiger partial charge in [-0.15, -0.1) is 0 Å². The molecule has 0 amide bonds. The normalized spacial score (nSPS) is 10.8. The maximum absolute atomic E-state index is 11.6. The van der Waals surface area contributed by atoms with Crippen molar-refractivity contribution in [3.63, 3.8) is 0 Å². The lowest BCUT2D eigenvalue weighted by atomic mass is 10.4. The molecule has 0 aromatic heterocycles. The average molecular weight is 182 g/mol. The van der Waals surface area contributed by atoms with Crippen molar-refractivity contribution in [2.45, 2.75) is 5.79 Å². The third-order valence-electron chi connectivity index (χ3n) is 0.895. The van der Waals surface area contributed by atoms with Crippen LogP contribution in [-0.2, 0) is 0 Å². The number of hydrogen-bond donors (Lipinski definition) is 0. The molecule has 0 radical (unpaired) electrons. The van der Waals surface area contributed by atoms with Crippen molar-refractivity contribution in [2.75, 3.05) is 0 Å². The minimum Gasteiger partial charge on any atom is -0.256 e. The minimum absolute atomic E-state index is 0.292. The van der Waals surface area contributed by atoms with Gasteiger partial charge in [0.15, 0.2) is 5.34 Å². The number of halogens is 2. The van der Waals surface area contributed by atoms with Crippen molar-refractivity contribution < 1.29 is 18.8 Å². The molecule has 0 saturated heterocycles. The van der Waals surface area contributed by atoms with Crippen molar-refractivity contribution in [3.05, 3.63) is 20.2 Å². The summed E-state index contributed by atoms with van der Waals surface area (Å²) in [5.74, 6) is -4.21. The molecular formula is C2F2N4O4. The molecule has 0 atom stereocenters. The first-order valence-corrected chi connectivity index (χ1v) is 2.21. The third kappa shape index (κ3) is 1.12. The fourth-order valence-corrected chi connectivity index (χ4v) is 0.310. The van der Waals surface area contributed by atoms with Gasteiger partial charge in [-0.3, -0.25) is 20.2 Å². The van der Waals surface area contributed by atoms with Crippen LogP contribution >= 0.6 is 0 Å². The summed E-state index contributed by atoms with van der Waals surface area (Å²) in [6, 6.07) is 0.292. The first-order valence-electron chi connectivity index (χ1n) is 2.21. The van der Waals surface area contributed by atoms with Crippen molar-refractivity contribution in [1.82, 2.24) is 5.34 Å². The number of nitro groups is 2. The molecule has 12 heavy (non-hydrogen) atoms. The van der Waals surface area contributed by atoms with E-state index in [4.69, 9.17) is 5.26 Å². The van der Waals surface area contributed by atoms with Crippen LogP contribution in [-0.4, -0.2) is 21.0 Å². The van der Waals surface area contributed by atoms with Crippen molar-refractivity contribution in [3.8, 4) is 6.07 Å². The van der Waals surface area contributed by atoms with Gasteiger partial charge in [-0.2, -0.15) is 5.26 Å². The lowest BCUT2D eigenvalue weighted by Gasteiger charge is -2.06. The number of rotatable bonds is 3. The highest BCUT2D eigenvalue weighted by Crippen LogP contribution is 2.17. The molecule has 0 rings (SSSR count). The monoisotopic (exact) mass is 182 g/mol. The highest BCUT2D eigenvalue weighted by Gasteiger charge is 2.67. The SMILES string of the molecule is N#CC(N(F)F)([N+](=O)[O-])[N+](=O)[O-]. The van der Waals surface area contributed by atoms with E-state index in [1.165, 1.54) is 0 Å². The van der Waals surface area contributed by atoms with Crippen LogP contribution in [0, 0.1) is 31.6 Å². The highest BCUT2D eigenvalue weighted by atomic mass is 19.4. The maximum Gasteiger partial charge on any atom is 0.665 e. The second-order valence-electron chi connectivity index (χ2n) is 1.49. The van der Waals surface area contributed by atoms with E-state index < -0.39 is 21.0 Å². The van der Waals surface area contributed by atoms with Crippen molar-refractivity contribution in [2.24, 2.45) is 0 Å². The van der Waals surface area contributed by atoms with E-state index in [0.29, 0.717) is 6.07 Å². The molecule has 0 heterocycles. The van der Waals surface area contributed by atoms with Crippen LogP contribution in [0.2, 0.25) is 0 Å². The number of nitrogens with zero attached hydrogens (tertiary/aromatic N) is 4. The average Bonchev–Trinajstić information content (AvgIpc) is 1.86. The molecule has 0 unspecified atom stereocenters. The van der Waals surface area contributed by atoms with Crippen LogP contribution in [0.5, 0.6) is 0 Å². The second kappa shape index (κ2) is 3.01. The van der Waals surface area contributed by atoms with Crippen molar-refractivity contribution in [1.29, 1.82) is 5.26 Å². The Morgan fingerprint density at radius 1 is 1.33 bits per heavy atom. The van der Waals surface area contributed by atoms with E-state index in [1.807, 2.05) is 0 Å². The summed E-state index contributed by atoms with van der Waals surface area (Å²) in [6.45, 7) is 0. The standard InChI is InChI=1S/C2F2N4O4/c3-6(4)2(1-5,7(9)10)8(11)12. The molecule has 0 aromatic rings. The molecule has 0 aliphatic carbocycles. The molecule has 0 aromatic carbocycles. The predicted octanol–water partition coefficient (Wildman–Crippen LogP) is -0.212. The zero-order valence-electron chi connectivity index (χ0n) is 5.18. The minimum atomic E-state index is -4.21. The maximum atomic E-state index is 11.6. The summed E-state index contributed by atoms with van der Waals surface area (Å²) in [6.07, 6.45) is 0. The predicted molar refractivity (Wildman–Crippen MR) is 26.4 cm³/mol. The van der Waals surface area contributed by atoms with Crippen LogP contribution in [0.15, 0.2) is 0 Å². The lowest BCUT2D eigenvalue weighted by molar-refractivity contribution is -0.828. The number of hydrogen-bond acceptors (Lipinski definition) is 6. The van der Waals surface area contributed by atoms with E-state index in [9.17, 15) is 29.2 Å². The molecular weight excluding hydrogens is 182 g/mol. The summed E-state index contributed by atoms with van der Waals surface area (Å²) < 4.78 is 23.2. The second-order valence-corrected chi connectivity index (χ2v) is 1.49. The zero-order valence-corrected chi connectivity index (χ0v) is 5.18. The Morgan fingerprint density at radius 3 is 1.67 bits per heavy atom. The fourth-order valence-electron chi connectivity index (χ4n) is 0.310. The molecule has 0 fully saturated rings. The van der Waals surface area contributed by atoms with Gasteiger partial charge in [0.05, 0.1) is 0 Å². The van der Waals surface area contributed by atoms with E-state index in [2.05, 4.69) is 0 Å². The van der Waals surface area contributed by atoms with Crippen LogP contribution in [0.1, 0.15) is 0 Å². The van der Waals surface area contributed by atoms with Gasteiger partial charge < -0.3 is 0 Å². The van der Waals surface area contributed by atoms with E-state index in [-0.39, 0.29) is 0 Å². The lowest BCUT2D eigenvalue weighted by Crippen LogP contribution is -2.52.